The molecular weight excluding hydrogens is 304 g/mol. The number of para-hydroxylation sites is 1. The Balaban J connectivity index is 1.62. The molecular formula is C19H18N2OS. The second-order valence-corrected chi connectivity index (χ2v) is 6.83. The summed E-state index contributed by atoms with van der Waals surface area (Å²) in [5, 5.41) is 3.22. The number of benzene rings is 1. The van der Waals surface area contributed by atoms with E-state index >= 15 is 0 Å². The van der Waals surface area contributed by atoms with Crippen LogP contribution in [0.15, 0.2) is 47.9 Å². The van der Waals surface area contributed by atoms with Crippen molar-refractivity contribution < 1.29 is 4.79 Å². The van der Waals surface area contributed by atoms with Gasteiger partial charge in [-0.1, -0.05) is 30.3 Å². The van der Waals surface area contributed by atoms with E-state index in [-0.39, 0.29) is 5.91 Å². The van der Waals surface area contributed by atoms with Gasteiger partial charge in [-0.15, -0.1) is 11.3 Å². The largest absolute Gasteiger partial charge is 0.358 e. The number of H-pyrrole nitrogens is 1. The quantitative estimate of drug-likeness (QED) is 0.742. The molecule has 23 heavy (non-hydrogen) atoms. The maximum Gasteiger partial charge on any atom is 0.264 e. The van der Waals surface area contributed by atoms with Crippen molar-refractivity contribution in [3.63, 3.8) is 0 Å². The van der Waals surface area contributed by atoms with Crippen LogP contribution in [0.2, 0.25) is 0 Å². The summed E-state index contributed by atoms with van der Waals surface area (Å²) in [6.07, 6.45) is 3.11. The molecule has 3 heterocycles. The maximum atomic E-state index is 12.4. The molecule has 3 aromatic rings. The fraction of sp³-hybridized carbons (Fsp3) is 0.211. The van der Waals surface area contributed by atoms with Gasteiger partial charge in [-0.3, -0.25) is 4.79 Å². The van der Waals surface area contributed by atoms with E-state index in [2.05, 4.69) is 42.2 Å². The molecule has 3 nitrogen and oxygen atoms in total. The standard InChI is InChI=1S/C19H18N2OS/c1-13-18(15-5-2-3-6-16(15)20-13)14-8-10-21(11-9-14)19(22)17-7-4-12-23-17/h2-8,12,20H,9-11H2,1H3. The summed E-state index contributed by atoms with van der Waals surface area (Å²) in [4.78, 5) is 18.6. The molecule has 4 heteroatoms. The number of amides is 1. The molecule has 1 N–H and O–H groups in total. The van der Waals surface area contributed by atoms with Crippen LogP contribution in [0, 0.1) is 6.92 Å². The first-order chi connectivity index (χ1) is 11.2. The number of nitrogens with zero attached hydrogens (tertiary/aromatic N) is 1. The lowest BCUT2D eigenvalue weighted by molar-refractivity contribution is 0.0777. The van der Waals surface area contributed by atoms with Gasteiger partial charge in [0.15, 0.2) is 0 Å². The number of fused-ring (bicyclic) bond motifs is 1. The number of carbonyl (C=O) groups excluding carboxylic acids is 1. The summed E-state index contributed by atoms with van der Waals surface area (Å²) >= 11 is 1.51. The van der Waals surface area contributed by atoms with Crippen LogP contribution in [0.1, 0.15) is 27.3 Å². The zero-order chi connectivity index (χ0) is 15.8. The highest BCUT2D eigenvalue weighted by Crippen LogP contribution is 2.32. The van der Waals surface area contributed by atoms with Gasteiger partial charge in [0, 0.05) is 35.2 Å². The zero-order valence-electron chi connectivity index (χ0n) is 13.0. The van der Waals surface area contributed by atoms with Gasteiger partial charge in [0.2, 0.25) is 0 Å². The second-order valence-electron chi connectivity index (χ2n) is 5.88. The average Bonchev–Trinajstić information content (AvgIpc) is 3.21. The van der Waals surface area contributed by atoms with Crippen LogP contribution in [0.5, 0.6) is 0 Å². The number of hydrogen-bond acceptors (Lipinski definition) is 2. The van der Waals surface area contributed by atoms with E-state index in [9.17, 15) is 4.79 Å². The van der Waals surface area contributed by atoms with Gasteiger partial charge in [-0.2, -0.15) is 0 Å². The van der Waals surface area contributed by atoms with Gasteiger partial charge < -0.3 is 9.88 Å². The van der Waals surface area contributed by atoms with Crippen molar-refractivity contribution in [2.75, 3.05) is 13.1 Å². The normalized spacial score (nSPS) is 15.0. The summed E-state index contributed by atoms with van der Waals surface area (Å²) in [7, 11) is 0. The highest BCUT2D eigenvalue weighted by molar-refractivity contribution is 7.12. The zero-order valence-corrected chi connectivity index (χ0v) is 13.8. The van der Waals surface area contributed by atoms with Crippen molar-refractivity contribution >= 4 is 33.7 Å². The smallest absolute Gasteiger partial charge is 0.264 e. The first-order valence-corrected chi connectivity index (χ1v) is 8.71. The van der Waals surface area contributed by atoms with Crippen molar-refractivity contribution in [2.45, 2.75) is 13.3 Å². The molecule has 0 saturated carbocycles. The molecule has 0 bridgehead atoms. The number of thiophene rings is 1. The molecule has 4 rings (SSSR count). The van der Waals surface area contributed by atoms with Gasteiger partial charge in [-0.25, -0.2) is 0 Å². The van der Waals surface area contributed by atoms with Crippen LogP contribution >= 0.6 is 11.3 Å². The molecule has 0 spiro atoms. The third kappa shape index (κ3) is 2.49. The summed E-state index contributed by atoms with van der Waals surface area (Å²) < 4.78 is 0. The van der Waals surface area contributed by atoms with Crippen LogP contribution in [0.3, 0.4) is 0 Å². The summed E-state index contributed by atoms with van der Waals surface area (Å²) in [5.74, 6) is 0.144. The Bertz CT molecular complexity index is 889. The van der Waals surface area contributed by atoms with E-state index in [4.69, 9.17) is 0 Å². The molecule has 1 amide bonds. The Labute approximate surface area is 139 Å². The van der Waals surface area contributed by atoms with E-state index < -0.39 is 0 Å². The summed E-state index contributed by atoms with van der Waals surface area (Å²) in [6.45, 7) is 3.59. The lowest BCUT2D eigenvalue weighted by atomic mass is 9.96. The second kappa shape index (κ2) is 5.70. The number of aromatic nitrogens is 1. The summed E-state index contributed by atoms with van der Waals surface area (Å²) in [6, 6.07) is 12.2. The molecule has 1 aromatic carbocycles. The third-order valence-corrected chi connectivity index (χ3v) is 5.30. The number of hydrogen-bond donors (Lipinski definition) is 1. The van der Waals surface area contributed by atoms with Gasteiger partial charge in [0.05, 0.1) is 4.88 Å². The predicted molar refractivity (Wildman–Crippen MR) is 95.9 cm³/mol. The highest BCUT2D eigenvalue weighted by atomic mass is 32.1. The van der Waals surface area contributed by atoms with Crippen LogP contribution in [-0.4, -0.2) is 28.9 Å². The van der Waals surface area contributed by atoms with E-state index in [0.29, 0.717) is 6.54 Å². The minimum Gasteiger partial charge on any atom is -0.358 e. The van der Waals surface area contributed by atoms with Crippen molar-refractivity contribution in [3.8, 4) is 0 Å². The van der Waals surface area contributed by atoms with E-state index in [1.165, 1.54) is 39.1 Å². The SMILES string of the molecule is Cc1[nH]c2ccccc2c1C1=CCN(C(=O)c2cccs2)CC1. The minimum absolute atomic E-state index is 0.144. The minimum atomic E-state index is 0.144. The lowest BCUT2D eigenvalue weighted by Gasteiger charge is -2.26. The first kappa shape index (κ1) is 14.3. The van der Waals surface area contributed by atoms with E-state index in [0.717, 1.165) is 17.8 Å². The molecule has 0 saturated heterocycles. The van der Waals surface area contributed by atoms with Crippen LogP contribution < -0.4 is 0 Å². The fourth-order valence-electron chi connectivity index (χ4n) is 3.33. The number of aryl methyl sites for hydroxylation is 1. The molecule has 1 aliphatic rings. The number of nitrogens with one attached hydrogen (secondary N) is 1. The number of carbonyl (C=O) groups is 1. The molecule has 0 unspecified atom stereocenters. The molecule has 116 valence electrons. The summed E-state index contributed by atoms with van der Waals surface area (Å²) in [5.41, 5.74) is 5.03. The third-order valence-electron chi connectivity index (χ3n) is 4.44. The molecule has 0 aliphatic carbocycles. The molecule has 0 fully saturated rings. The maximum absolute atomic E-state index is 12.4. The van der Waals surface area contributed by atoms with E-state index in [1.807, 2.05) is 22.4 Å². The van der Waals surface area contributed by atoms with Crippen LogP contribution in [-0.2, 0) is 0 Å². The Hall–Kier alpha value is -2.33. The Morgan fingerprint density at radius 1 is 1.22 bits per heavy atom. The highest BCUT2D eigenvalue weighted by Gasteiger charge is 2.22. The molecule has 1 aliphatic heterocycles. The van der Waals surface area contributed by atoms with Gasteiger partial charge in [-0.05, 0) is 36.4 Å². The fourth-order valence-corrected chi connectivity index (χ4v) is 4.02. The number of aromatic amines is 1. The van der Waals surface area contributed by atoms with Gasteiger partial charge in [0.1, 0.15) is 0 Å². The van der Waals surface area contributed by atoms with Crippen molar-refractivity contribution in [2.24, 2.45) is 0 Å². The average molecular weight is 322 g/mol. The first-order valence-electron chi connectivity index (χ1n) is 7.83. The molecule has 0 radical (unpaired) electrons. The van der Waals surface area contributed by atoms with E-state index in [1.54, 1.807) is 0 Å². The molecule has 2 aromatic heterocycles. The van der Waals surface area contributed by atoms with Crippen LogP contribution in [0.25, 0.3) is 16.5 Å². The predicted octanol–water partition coefficient (Wildman–Crippen LogP) is 4.47. The monoisotopic (exact) mass is 322 g/mol. The lowest BCUT2D eigenvalue weighted by Crippen LogP contribution is -2.34. The Morgan fingerprint density at radius 2 is 2.09 bits per heavy atom. The van der Waals surface area contributed by atoms with Crippen LogP contribution in [0.4, 0.5) is 0 Å². The molecule has 0 atom stereocenters. The van der Waals surface area contributed by atoms with Crippen molar-refractivity contribution in [3.05, 3.63) is 64.0 Å². The van der Waals surface area contributed by atoms with Crippen molar-refractivity contribution in [1.29, 1.82) is 0 Å². The topological polar surface area (TPSA) is 36.1 Å². The van der Waals surface area contributed by atoms with Gasteiger partial charge >= 0.3 is 0 Å². The Kier molecular flexibility index (Phi) is 3.54. The van der Waals surface area contributed by atoms with Crippen molar-refractivity contribution in [1.82, 2.24) is 9.88 Å². The number of rotatable bonds is 2. The Morgan fingerprint density at radius 3 is 2.83 bits per heavy atom. The van der Waals surface area contributed by atoms with Gasteiger partial charge in [0.25, 0.3) is 5.91 Å².